The number of carbonyl (C=O) groups excluding carboxylic acids is 2. The van der Waals surface area contributed by atoms with Gasteiger partial charge in [-0.05, 0) is 43.2 Å². The van der Waals surface area contributed by atoms with Gasteiger partial charge in [-0.3, -0.25) is 14.5 Å². The summed E-state index contributed by atoms with van der Waals surface area (Å²) in [5.74, 6) is -3.33. The van der Waals surface area contributed by atoms with Crippen LogP contribution in [-0.2, 0) is 9.59 Å². The van der Waals surface area contributed by atoms with Crippen LogP contribution < -0.4 is 10.6 Å². The molecule has 1 fully saturated rings. The summed E-state index contributed by atoms with van der Waals surface area (Å²) in [6.07, 6.45) is 0.513. The Bertz CT molecular complexity index is 834. The number of nitrogens with two attached hydrogens (primary N) is 1. The number of phenolic OH excluding ortho intramolecular Hbond substituents is 1. The van der Waals surface area contributed by atoms with Gasteiger partial charge in [0.05, 0.1) is 11.4 Å². The Hall–Kier alpha value is -2.96. The van der Waals surface area contributed by atoms with Crippen molar-refractivity contribution in [1.82, 2.24) is 0 Å². The first-order valence-electron chi connectivity index (χ1n) is 7.24. The van der Waals surface area contributed by atoms with Crippen LogP contribution in [0, 0.1) is 17.0 Å². The van der Waals surface area contributed by atoms with Crippen molar-refractivity contribution in [2.75, 3.05) is 4.90 Å². The third-order valence-electron chi connectivity index (χ3n) is 4.07. The predicted molar refractivity (Wildman–Crippen MR) is 82.5 cm³/mol. The van der Waals surface area contributed by atoms with Crippen molar-refractivity contribution in [1.29, 1.82) is 0 Å². The maximum Gasteiger partial charge on any atom is 0.247 e. The molecule has 24 heavy (non-hydrogen) atoms. The second kappa shape index (κ2) is 5.59. The van der Waals surface area contributed by atoms with Crippen molar-refractivity contribution in [2.45, 2.75) is 12.8 Å². The van der Waals surface area contributed by atoms with Crippen molar-refractivity contribution in [2.24, 2.45) is 11.1 Å². The van der Waals surface area contributed by atoms with Gasteiger partial charge >= 0.3 is 0 Å². The Balaban J connectivity index is 2.14. The van der Waals surface area contributed by atoms with E-state index in [0.29, 0.717) is 0 Å². The number of anilines is 2. The summed E-state index contributed by atoms with van der Waals surface area (Å²) in [6.45, 7) is 0. The summed E-state index contributed by atoms with van der Waals surface area (Å²) in [4.78, 5) is 25.5. The molecule has 1 aliphatic rings. The van der Waals surface area contributed by atoms with Crippen molar-refractivity contribution in [3.8, 4) is 5.75 Å². The topological polar surface area (TPSA) is 83.6 Å². The minimum atomic E-state index is -1.41. The Morgan fingerprint density at radius 2 is 1.83 bits per heavy atom. The monoisotopic (exact) mass is 332 g/mol. The maximum atomic E-state index is 14.3. The van der Waals surface area contributed by atoms with Crippen LogP contribution in [-0.4, -0.2) is 16.9 Å². The molecule has 0 saturated heterocycles. The van der Waals surface area contributed by atoms with Crippen molar-refractivity contribution < 1.29 is 23.5 Å². The van der Waals surface area contributed by atoms with Gasteiger partial charge in [0.2, 0.25) is 11.8 Å². The lowest BCUT2D eigenvalue weighted by atomic mass is 10.0. The fourth-order valence-corrected chi connectivity index (χ4v) is 2.56. The molecular formula is C17H14F2N2O3. The first kappa shape index (κ1) is 15.9. The molecule has 2 aromatic carbocycles. The van der Waals surface area contributed by atoms with Gasteiger partial charge in [0.25, 0.3) is 0 Å². The van der Waals surface area contributed by atoms with Crippen LogP contribution in [0.2, 0.25) is 0 Å². The normalized spacial score (nSPS) is 14.9. The Morgan fingerprint density at radius 1 is 1.12 bits per heavy atom. The highest BCUT2D eigenvalue weighted by molar-refractivity contribution is 6.16. The minimum absolute atomic E-state index is 0.0668. The summed E-state index contributed by atoms with van der Waals surface area (Å²) >= 11 is 0. The molecule has 124 valence electrons. The number of hydrogen-bond acceptors (Lipinski definition) is 3. The van der Waals surface area contributed by atoms with E-state index in [-0.39, 0.29) is 30.0 Å². The fourth-order valence-electron chi connectivity index (χ4n) is 2.56. The number of aromatic hydroxyl groups is 1. The van der Waals surface area contributed by atoms with Crippen LogP contribution >= 0.6 is 0 Å². The lowest BCUT2D eigenvalue weighted by Crippen LogP contribution is -2.41. The SMILES string of the molecule is NC(=O)C1(C(=O)N(c2cccc(F)c2)c2ccc(O)cc2F)CC1. The van der Waals surface area contributed by atoms with Gasteiger partial charge in [0.15, 0.2) is 5.82 Å². The Kier molecular flexibility index (Phi) is 3.71. The number of phenols is 1. The number of amides is 2. The van der Waals surface area contributed by atoms with Crippen LogP contribution in [0.1, 0.15) is 12.8 Å². The molecule has 1 aliphatic carbocycles. The predicted octanol–water partition coefficient (Wildman–Crippen LogP) is 2.60. The molecule has 2 amide bonds. The van der Waals surface area contributed by atoms with E-state index in [4.69, 9.17) is 5.73 Å². The van der Waals surface area contributed by atoms with E-state index in [2.05, 4.69) is 0 Å². The van der Waals surface area contributed by atoms with Crippen molar-refractivity contribution in [3.63, 3.8) is 0 Å². The lowest BCUT2D eigenvalue weighted by Gasteiger charge is -2.26. The quantitative estimate of drug-likeness (QED) is 0.844. The van der Waals surface area contributed by atoms with Crippen LogP contribution in [0.4, 0.5) is 20.2 Å². The molecule has 0 aliphatic heterocycles. The summed E-state index contributed by atoms with van der Waals surface area (Å²) in [5, 5.41) is 9.36. The zero-order valence-corrected chi connectivity index (χ0v) is 12.5. The number of hydrogen-bond donors (Lipinski definition) is 2. The van der Waals surface area contributed by atoms with Gasteiger partial charge in [-0.15, -0.1) is 0 Å². The summed E-state index contributed by atoms with van der Waals surface area (Å²) in [7, 11) is 0. The third kappa shape index (κ3) is 2.58. The number of rotatable bonds is 4. The van der Waals surface area contributed by atoms with Crippen molar-refractivity contribution in [3.05, 3.63) is 54.1 Å². The lowest BCUT2D eigenvalue weighted by molar-refractivity contribution is -0.133. The zero-order chi connectivity index (χ0) is 17.5. The van der Waals surface area contributed by atoms with Gasteiger partial charge < -0.3 is 10.8 Å². The molecule has 3 N–H and O–H groups in total. The largest absolute Gasteiger partial charge is 0.508 e. The first-order valence-corrected chi connectivity index (χ1v) is 7.24. The van der Waals surface area contributed by atoms with E-state index in [1.165, 1.54) is 30.3 Å². The van der Waals surface area contributed by atoms with Gasteiger partial charge in [-0.2, -0.15) is 0 Å². The number of nitrogens with zero attached hydrogens (tertiary/aromatic N) is 1. The molecule has 5 nitrogen and oxygen atoms in total. The highest BCUT2D eigenvalue weighted by Crippen LogP contribution is 2.49. The molecule has 7 heteroatoms. The van der Waals surface area contributed by atoms with Crippen molar-refractivity contribution >= 4 is 23.2 Å². The molecule has 0 heterocycles. The van der Waals surface area contributed by atoms with Crippen LogP contribution in [0.3, 0.4) is 0 Å². The van der Waals surface area contributed by atoms with Crippen LogP contribution in [0.15, 0.2) is 42.5 Å². The Labute approximate surface area is 136 Å². The molecule has 2 aromatic rings. The molecular weight excluding hydrogens is 318 g/mol. The average molecular weight is 332 g/mol. The smallest absolute Gasteiger partial charge is 0.247 e. The molecule has 0 unspecified atom stereocenters. The number of benzene rings is 2. The number of primary amides is 1. The van der Waals surface area contributed by atoms with Gasteiger partial charge in [0.1, 0.15) is 17.0 Å². The summed E-state index contributed by atoms with van der Waals surface area (Å²) in [6, 6.07) is 8.24. The van der Waals surface area contributed by atoms with Gasteiger partial charge in [-0.25, -0.2) is 8.78 Å². The molecule has 0 radical (unpaired) electrons. The van der Waals surface area contributed by atoms with E-state index in [0.717, 1.165) is 17.0 Å². The van der Waals surface area contributed by atoms with Crippen LogP contribution in [0.25, 0.3) is 0 Å². The molecule has 0 atom stereocenters. The third-order valence-corrected chi connectivity index (χ3v) is 4.07. The second-order valence-corrected chi connectivity index (χ2v) is 5.70. The first-order chi connectivity index (χ1) is 11.3. The number of halogens is 2. The van der Waals surface area contributed by atoms with E-state index in [1.807, 2.05) is 0 Å². The van der Waals surface area contributed by atoms with E-state index >= 15 is 0 Å². The maximum absolute atomic E-state index is 14.3. The van der Waals surface area contributed by atoms with E-state index in [1.54, 1.807) is 0 Å². The molecule has 1 saturated carbocycles. The standard InChI is InChI=1S/C17H14F2N2O3/c18-10-2-1-3-11(8-10)21(14-5-4-12(22)9-13(14)19)16(24)17(6-7-17)15(20)23/h1-5,8-9,22H,6-7H2,(H2,20,23). The second-order valence-electron chi connectivity index (χ2n) is 5.70. The molecule has 0 aromatic heterocycles. The fraction of sp³-hybridized carbons (Fsp3) is 0.176. The van der Waals surface area contributed by atoms with Crippen LogP contribution in [0.5, 0.6) is 5.75 Å². The van der Waals surface area contributed by atoms with Gasteiger partial charge in [0, 0.05) is 6.07 Å². The summed E-state index contributed by atoms with van der Waals surface area (Å²) in [5.41, 5.74) is 3.79. The highest BCUT2D eigenvalue weighted by atomic mass is 19.1. The van der Waals surface area contributed by atoms with E-state index < -0.39 is 28.9 Å². The Morgan fingerprint density at radius 3 is 2.38 bits per heavy atom. The summed E-state index contributed by atoms with van der Waals surface area (Å²) < 4.78 is 27.9. The highest BCUT2D eigenvalue weighted by Gasteiger charge is 2.57. The number of carbonyl (C=O) groups is 2. The van der Waals surface area contributed by atoms with E-state index in [9.17, 15) is 23.5 Å². The van der Waals surface area contributed by atoms with Gasteiger partial charge in [-0.1, -0.05) is 6.07 Å². The average Bonchev–Trinajstić information content (AvgIpc) is 3.31. The minimum Gasteiger partial charge on any atom is -0.508 e. The zero-order valence-electron chi connectivity index (χ0n) is 12.5. The molecule has 0 spiro atoms. The molecule has 3 rings (SSSR count). The molecule has 0 bridgehead atoms.